The molecule has 59 heavy (non-hydrogen) atoms. The Bertz CT molecular complexity index is 2680. The number of benzene rings is 8. The number of hydrogen-bond acceptors (Lipinski definition) is 1. The van der Waals surface area contributed by atoms with Gasteiger partial charge in [0, 0.05) is 5.39 Å². The van der Waals surface area contributed by atoms with Gasteiger partial charge in [0.25, 0.3) is 0 Å². The third kappa shape index (κ3) is 12.2. The summed E-state index contributed by atoms with van der Waals surface area (Å²) in [6, 6.07) is 63.2. The number of aryl methyl sites for hydroxylation is 6. The van der Waals surface area contributed by atoms with Crippen LogP contribution in [0.1, 0.15) is 47.2 Å². The van der Waals surface area contributed by atoms with Gasteiger partial charge in [-0.15, -0.1) is 0 Å². The van der Waals surface area contributed by atoms with Gasteiger partial charge < -0.3 is 4.74 Å². The molecule has 0 aliphatic rings. The highest BCUT2D eigenvalue weighted by Gasteiger charge is 2.13. The average molecular weight is 771 g/mol. The Morgan fingerprint density at radius 3 is 1.59 bits per heavy atom. The molecular weight excluding hydrogens is 713 g/mol. The molecule has 1 heteroatoms. The third-order valence-corrected chi connectivity index (χ3v) is 10.4. The van der Waals surface area contributed by atoms with Crippen molar-refractivity contribution in [1.82, 2.24) is 0 Å². The molecule has 296 valence electrons. The Morgan fingerprint density at radius 1 is 0.458 bits per heavy atom. The summed E-state index contributed by atoms with van der Waals surface area (Å²) in [6.45, 7) is 20.6. The molecule has 0 unspecified atom stereocenters. The zero-order chi connectivity index (χ0) is 42.1. The van der Waals surface area contributed by atoms with Crippen molar-refractivity contribution < 1.29 is 4.74 Å². The van der Waals surface area contributed by atoms with Crippen molar-refractivity contribution in [3.05, 3.63) is 238 Å². The first-order chi connectivity index (χ1) is 28.6. The summed E-state index contributed by atoms with van der Waals surface area (Å²) >= 11 is 0. The van der Waals surface area contributed by atoms with Gasteiger partial charge in [0.2, 0.25) is 0 Å². The lowest BCUT2D eigenvalue weighted by Crippen LogP contribution is -2.24. The molecule has 8 aromatic carbocycles. The number of rotatable bonds is 5. The van der Waals surface area contributed by atoms with E-state index in [2.05, 4.69) is 226 Å². The molecule has 0 atom stereocenters. The van der Waals surface area contributed by atoms with Crippen LogP contribution >= 0.6 is 0 Å². The minimum absolute atomic E-state index is 0.903. The van der Waals surface area contributed by atoms with Crippen LogP contribution in [0.4, 0.5) is 0 Å². The average Bonchev–Trinajstić information content (AvgIpc) is 3.27. The minimum Gasteiger partial charge on any atom is -0.456 e. The first-order valence-corrected chi connectivity index (χ1v) is 20.4. The fraction of sp³-hybridized carbons (Fsp3) is 0.138. The van der Waals surface area contributed by atoms with E-state index >= 15 is 0 Å². The van der Waals surface area contributed by atoms with Crippen LogP contribution in [0, 0.1) is 41.5 Å². The first kappa shape index (κ1) is 43.4. The highest BCUT2D eigenvalue weighted by atomic mass is 16.5. The van der Waals surface area contributed by atoms with E-state index in [-0.39, 0.29) is 0 Å². The Kier molecular flexibility index (Phi) is 16.0. The van der Waals surface area contributed by atoms with Crippen molar-refractivity contribution in [2.24, 2.45) is 0 Å². The monoisotopic (exact) mass is 770 g/mol. The van der Waals surface area contributed by atoms with Gasteiger partial charge in [-0.2, -0.15) is 0 Å². The SMILES string of the molecule is C=C/C(C)=c1/cccc/c1=C/C.Cc1ccc(-c2ccccc2)cc1.Cc1ccc(C)cc1.Cc1ccccc1Oc1cccc2ccc(-c3ccccc3C)c(C)c12. The summed E-state index contributed by atoms with van der Waals surface area (Å²) in [7, 11) is 0. The van der Waals surface area contributed by atoms with Gasteiger partial charge in [0.05, 0.1) is 0 Å². The van der Waals surface area contributed by atoms with Crippen LogP contribution < -0.4 is 15.2 Å². The maximum atomic E-state index is 6.32. The van der Waals surface area contributed by atoms with Crippen molar-refractivity contribution in [3.8, 4) is 33.8 Å². The molecule has 0 amide bonds. The predicted molar refractivity (Wildman–Crippen MR) is 258 cm³/mol. The molecule has 0 aliphatic carbocycles. The highest BCUT2D eigenvalue weighted by Crippen LogP contribution is 2.38. The third-order valence-electron chi connectivity index (χ3n) is 10.4. The molecular formula is C58H58O. The molecule has 0 heterocycles. The van der Waals surface area contributed by atoms with Crippen molar-refractivity contribution >= 4 is 22.4 Å². The summed E-state index contributed by atoms with van der Waals surface area (Å²) in [6.07, 6.45) is 4.00. The number of para-hydroxylation sites is 1. The largest absolute Gasteiger partial charge is 0.456 e. The van der Waals surface area contributed by atoms with Crippen LogP contribution in [-0.4, -0.2) is 0 Å². The van der Waals surface area contributed by atoms with Gasteiger partial charge in [0.1, 0.15) is 11.5 Å². The van der Waals surface area contributed by atoms with E-state index in [9.17, 15) is 0 Å². The summed E-state index contributed by atoms with van der Waals surface area (Å²) in [5.74, 6) is 1.81. The molecule has 0 spiro atoms. The molecule has 0 saturated heterocycles. The lowest BCUT2D eigenvalue weighted by Gasteiger charge is -2.16. The number of ether oxygens (including phenoxy) is 1. The van der Waals surface area contributed by atoms with E-state index in [1.54, 1.807) is 0 Å². The van der Waals surface area contributed by atoms with Crippen LogP contribution in [0.25, 0.3) is 44.7 Å². The van der Waals surface area contributed by atoms with Gasteiger partial charge >= 0.3 is 0 Å². The normalized spacial score (nSPS) is 11.2. The molecule has 0 bridgehead atoms. The van der Waals surface area contributed by atoms with Crippen LogP contribution in [0.5, 0.6) is 11.5 Å². The smallest absolute Gasteiger partial charge is 0.135 e. The molecule has 0 radical (unpaired) electrons. The van der Waals surface area contributed by atoms with Crippen molar-refractivity contribution in [3.63, 3.8) is 0 Å². The Morgan fingerprint density at radius 2 is 0.983 bits per heavy atom. The lowest BCUT2D eigenvalue weighted by atomic mass is 9.92. The topological polar surface area (TPSA) is 9.23 Å². The summed E-state index contributed by atoms with van der Waals surface area (Å²) in [5, 5.41) is 4.92. The molecule has 1 nitrogen and oxygen atoms in total. The van der Waals surface area contributed by atoms with Crippen LogP contribution in [0.2, 0.25) is 0 Å². The number of hydrogen-bond donors (Lipinski definition) is 0. The van der Waals surface area contributed by atoms with Gasteiger partial charge in [-0.1, -0.05) is 205 Å². The van der Waals surface area contributed by atoms with Gasteiger partial charge in [-0.25, -0.2) is 0 Å². The Labute approximate surface area is 353 Å². The van der Waals surface area contributed by atoms with E-state index in [4.69, 9.17) is 4.74 Å². The second-order valence-corrected chi connectivity index (χ2v) is 14.9. The van der Waals surface area contributed by atoms with Gasteiger partial charge in [0.15, 0.2) is 0 Å². The van der Waals surface area contributed by atoms with Crippen molar-refractivity contribution in [1.29, 1.82) is 0 Å². The molecule has 0 N–H and O–H groups in total. The van der Waals surface area contributed by atoms with Crippen LogP contribution in [0.15, 0.2) is 195 Å². The van der Waals surface area contributed by atoms with Gasteiger partial charge in [-0.05, 0) is 128 Å². The molecule has 8 aromatic rings. The zero-order valence-electron chi connectivity index (χ0n) is 36.1. The maximum Gasteiger partial charge on any atom is 0.135 e. The van der Waals surface area contributed by atoms with Crippen molar-refractivity contribution in [2.75, 3.05) is 0 Å². The molecule has 0 aromatic heterocycles. The summed E-state index contributed by atoms with van der Waals surface area (Å²) < 4.78 is 6.32. The fourth-order valence-electron chi connectivity index (χ4n) is 6.79. The van der Waals surface area contributed by atoms with E-state index in [0.29, 0.717) is 0 Å². The van der Waals surface area contributed by atoms with Crippen LogP contribution in [-0.2, 0) is 0 Å². The standard InChI is InChI=1S/C25H22O.C13H12.C12H14.C8H10/c1-17-9-4-6-12-21(17)22-16-15-20-11-8-14-24(25(20)19(22)3)26-23-13-7-5-10-18(23)2;1-11-7-9-13(10-8-11)12-5-3-2-4-6-12;1-4-10(3)12-9-7-6-8-11(12)5-2;1-7-3-5-8(2)6-4-7/h4-16H,1-3H3;2-10H,1H3;4-9H,1H2,2-3H3;3-6H,1-2H3/b;;11-5-,12-10-;. The second kappa shape index (κ2) is 21.7. The van der Waals surface area contributed by atoms with Gasteiger partial charge in [-0.3, -0.25) is 0 Å². The number of allylic oxidation sites excluding steroid dienone is 1. The molecule has 0 fully saturated rings. The van der Waals surface area contributed by atoms with Crippen molar-refractivity contribution in [2.45, 2.75) is 55.4 Å². The molecule has 8 rings (SSSR count). The summed E-state index contributed by atoms with van der Waals surface area (Å²) in [4.78, 5) is 0. The van der Waals surface area contributed by atoms with E-state index in [1.807, 2.05) is 30.3 Å². The first-order valence-electron chi connectivity index (χ1n) is 20.4. The predicted octanol–water partition coefficient (Wildman–Crippen LogP) is 15.0. The fourth-order valence-corrected chi connectivity index (χ4v) is 6.79. The highest BCUT2D eigenvalue weighted by molar-refractivity contribution is 5.96. The molecule has 0 saturated carbocycles. The quantitative estimate of drug-likeness (QED) is 0.169. The zero-order valence-corrected chi connectivity index (χ0v) is 36.1. The minimum atomic E-state index is 0.903. The second-order valence-electron chi connectivity index (χ2n) is 14.9. The number of fused-ring (bicyclic) bond motifs is 1. The maximum absolute atomic E-state index is 6.32. The van der Waals surface area contributed by atoms with E-state index < -0.39 is 0 Å². The Balaban J connectivity index is 0.000000168. The summed E-state index contributed by atoms with van der Waals surface area (Å²) in [5.41, 5.74) is 14.0. The van der Waals surface area contributed by atoms with Crippen LogP contribution in [0.3, 0.4) is 0 Å². The Hall–Kier alpha value is -6.70. The molecule has 0 aliphatic heterocycles. The van der Waals surface area contributed by atoms with E-state index in [1.165, 1.54) is 76.9 Å². The lowest BCUT2D eigenvalue weighted by molar-refractivity contribution is 0.484. The van der Waals surface area contributed by atoms with E-state index in [0.717, 1.165) is 17.1 Å².